The SMILES string of the molecule is COc1ccc([C@@H](O)[C@H](CC(=O)[C@H](CO)NC(=O)CN2CCOCC2)C(=O)N[C@@H](CC2=CCCCC2)C(=O)[C@@]2(C)CO2)cc1. The van der Waals surface area contributed by atoms with E-state index in [2.05, 4.69) is 16.7 Å². The summed E-state index contributed by atoms with van der Waals surface area (Å²) in [5, 5.41) is 26.8. The third-order valence-corrected chi connectivity index (χ3v) is 8.56. The number of carbonyl (C=O) groups excluding carboxylic acids is 4. The van der Waals surface area contributed by atoms with Gasteiger partial charge in [0.05, 0.1) is 58.1 Å². The maximum absolute atomic E-state index is 13.9. The standard InChI is InChI=1S/C32H45N3O9/c1-32(20-44-32)30(40)25(16-21-6-4-3-5-7-21)34-31(41)24(29(39)22-8-10-23(42-2)11-9-22)17-27(37)26(19-36)33-28(38)18-35-12-14-43-15-13-35/h6,8-11,24-26,29,36,39H,3-5,7,12-20H2,1-2H3,(H,33,38)(H,34,41)/t24-,25-,26-,29+,32+/m0/s1. The molecule has 0 spiro atoms. The number of nitrogens with one attached hydrogen (secondary N) is 2. The molecule has 242 valence electrons. The van der Waals surface area contributed by atoms with Crippen molar-refractivity contribution in [3.05, 3.63) is 41.5 Å². The number of hydrogen-bond acceptors (Lipinski definition) is 10. The zero-order chi connectivity index (χ0) is 31.7. The average Bonchev–Trinajstić information content (AvgIpc) is 3.80. The van der Waals surface area contributed by atoms with Gasteiger partial charge < -0.3 is 35.1 Å². The molecule has 2 fully saturated rings. The summed E-state index contributed by atoms with van der Waals surface area (Å²) in [4.78, 5) is 55.3. The van der Waals surface area contributed by atoms with Gasteiger partial charge in [0.2, 0.25) is 11.8 Å². The summed E-state index contributed by atoms with van der Waals surface area (Å²) in [6.07, 6.45) is 4.32. The number of hydrogen-bond donors (Lipinski definition) is 4. The number of morpholine rings is 1. The lowest BCUT2D eigenvalue weighted by Gasteiger charge is -2.28. The molecule has 0 saturated carbocycles. The minimum atomic E-state index is -1.43. The zero-order valence-electron chi connectivity index (χ0n) is 25.6. The van der Waals surface area contributed by atoms with Crippen LogP contribution in [0, 0.1) is 5.92 Å². The van der Waals surface area contributed by atoms with Crippen molar-refractivity contribution in [2.75, 3.05) is 53.2 Å². The van der Waals surface area contributed by atoms with Gasteiger partial charge in [0.1, 0.15) is 17.4 Å². The van der Waals surface area contributed by atoms with Crippen molar-refractivity contribution in [1.82, 2.24) is 15.5 Å². The van der Waals surface area contributed by atoms with Crippen LogP contribution in [0.15, 0.2) is 35.9 Å². The Morgan fingerprint density at radius 1 is 1.07 bits per heavy atom. The Balaban J connectivity index is 1.52. The van der Waals surface area contributed by atoms with E-state index in [1.807, 2.05) is 4.90 Å². The molecule has 12 nitrogen and oxygen atoms in total. The van der Waals surface area contributed by atoms with Gasteiger partial charge in [0.15, 0.2) is 11.6 Å². The molecule has 0 radical (unpaired) electrons. The van der Waals surface area contributed by atoms with Crippen LogP contribution >= 0.6 is 0 Å². The summed E-state index contributed by atoms with van der Waals surface area (Å²) in [6.45, 7) is 3.45. The van der Waals surface area contributed by atoms with E-state index in [1.54, 1.807) is 31.2 Å². The number of ketones is 2. The van der Waals surface area contributed by atoms with Gasteiger partial charge in [0.25, 0.3) is 0 Å². The molecular weight excluding hydrogens is 570 g/mol. The fraction of sp³-hybridized carbons (Fsp3) is 0.625. The fourth-order valence-corrected chi connectivity index (χ4v) is 5.63. The highest BCUT2D eigenvalue weighted by Gasteiger charge is 2.50. The first-order valence-corrected chi connectivity index (χ1v) is 15.3. The molecule has 0 bridgehead atoms. The highest BCUT2D eigenvalue weighted by molar-refractivity contribution is 5.98. The molecule has 1 aliphatic carbocycles. The molecule has 2 saturated heterocycles. The molecule has 0 aromatic heterocycles. The Bertz CT molecular complexity index is 1190. The van der Waals surface area contributed by atoms with E-state index in [-0.39, 0.29) is 18.9 Å². The van der Waals surface area contributed by atoms with Crippen LogP contribution in [0.2, 0.25) is 0 Å². The van der Waals surface area contributed by atoms with Gasteiger partial charge >= 0.3 is 0 Å². The lowest BCUT2D eigenvalue weighted by molar-refractivity contribution is -0.138. The number of benzene rings is 1. The molecular formula is C32H45N3O9. The van der Waals surface area contributed by atoms with E-state index in [0.29, 0.717) is 44.0 Å². The Morgan fingerprint density at radius 3 is 2.36 bits per heavy atom. The number of methoxy groups -OCH3 is 1. The van der Waals surface area contributed by atoms with Gasteiger partial charge in [-0.1, -0.05) is 23.8 Å². The second-order valence-electron chi connectivity index (χ2n) is 11.9. The average molecular weight is 616 g/mol. The van der Waals surface area contributed by atoms with Crippen LogP contribution in [-0.2, 0) is 28.7 Å². The van der Waals surface area contributed by atoms with Crippen LogP contribution in [0.3, 0.4) is 0 Å². The number of nitrogens with zero attached hydrogens (tertiary/aromatic N) is 1. The third kappa shape index (κ3) is 9.18. The largest absolute Gasteiger partial charge is 0.497 e. The summed E-state index contributed by atoms with van der Waals surface area (Å²) in [6, 6.07) is 4.27. The highest BCUT2D eigenvalue weighted by Crippen LogP contribution is 2.32. The fourth-order valence-electron chi connectivity index (χ4n) is 5.63. The van der Waals surface area contributed by atoms with Crippen LogP contribution in [0.1, 0.15) is 57.1 Å². The van der Waals surface area contributed by atoms with E-state index in [4.69, 9.17) is 14.2 Å². The van der Waals surface area contributed by atoms with Gasteiger partial charge in [-0.2, -0.15) is 0 Å². The molecule has 1 aromatic carbocycles. The van der Waals surface area contributed by atoms with Crippen LogP contribution in [0.5, 0.6) is 5.75 Å². The van der Waals surface area contributed by atoms with Crippen molar-refractivity contribution in [1.29, 1.82) is 0 Å². The molecule has 2 amide bonds. The number of carbonyl (C=O) groups is 4. The number of aliphatic hydroxyl groups is 2. The highest BCUT2D eigenvalue weighted by atomic mass is 16.6. The Kier molecular flexibility index (Phi) is 12.0. The van der Waals surface area contributed by atoms with Crippen molar-refractivity contribution in [3.63, 3.8) is 0 Å². The third-order valence-electron chi connectivity index (χ3n) is 8.56. The van der Waals surface area contributed by atoms with Crippen molar-refractivity contribution in [2.45, 2.75) is 69.2 Å². The Labute approximate surface area is 258 Å². The van der Waals surface area contributed by atoms with Gasteiger partial charge in [-0.3, -0.25) is 24.1 Å². The number of aliphatic hydroxyl groups excluding tert-OH is 2. The number of amides is 2. The number of epoxide rings is 1. The molecule has 3 aliphatic rings. The van der Waals surface area contributed by atoms with Gasteiger partial charge in [-0.25, -0.2) is 0 Å². The van der Waals surface area contributed by atoms with Gasteiger partial charge in [0, 0.05) is 19.5 Å². The maximum atomic E-state index is 13.9. The predicted octanol–water partition coefficient (Wildman–Crippen LogP) is 0.847. The topological polar surface area (TPSA) is 167 Å². The van der Waals surface area contributed by atoms with E-state index < -0.39 is 60.3 Å². The van der Waals surface area contributed by atoms with E-state index in [0.717, 1.165) is 31.3 Å². The first-order valence-electron chi connectivity index (χ1n) is 15.3. The van der Waals surface area contributed by atoms with Crippen LogP contribution in [0.25, 0.3) is 0 Å². The molecule has 2 heterocycles. The molecule has 4 rings (SSSR count). The summed E-state index contributed by atoms with van der Waals surface area (Å²) in [5.41, 5.74) is 0.455. The summed E-state index contributed by atoms with van der Waals surface area (Å²) in [7, 11) is 1.51. The van der Waals surface area contributed by atoms with Gasteiger partial charge in [-0.05, 0) is 56.7 Å². The quantitative estimate of drug-likeness (QED) is 0.155. The van der Waals surface area contributed by atoms with Crippen LogP contribution in [0.4, 0.5) is 0 Å². The monoisotopic (exact) mass is 615 g/mol. The number of ether oxygens (including phenoxy) is 3. The minimum absolute atomic E-state index is 0.0337. The lowest BCUT2D eigenvalue weighted by Crippen LogP contribution is -2.51. The summed E-state index contributed by atoms with van der Waals surface area (Å²) >= 11 is 0. The normalized spacial score (nSPS) is 23.0. The predicted molar refractivity (Wildman–Crippen MR) is 160 cm³/mol. The number of rotatable bonds is 16. The molecule has 0 unspecified atom stereocenters. The van der Waals surface area contributed by atoms with Crippen LogP contribution in [-0.4, -0.2) is 109 Å². The van der Waals surface area contributed by atoms with E-state index in [1.165, 1.54) is 7.11 Å². The van der Waals surface area contributed by atoms with Gasteiger partial charge in [-0.15, -0.1) is 0 Å². The number of allylic oxidation sites excluding steroid dienone is 1. The minimum Gasteiger partial charge on any atom is -0.497 e. The first-order chi connectivity index (χ1) is 21.1. The second-order valence-corrected chi connectivity index (χ2v) is 11.9. The Hall–Kier alpha value is -3.16. The maximum Gasteiger partial charge on any atom is 0.234 e. The van der Waals surface area contributed by atoms with Crippen molar-refractivity contribution < 1.29 is 43.6 Å². The molecule has 1 aromatic rings. The lowest BCUT2D eigenvalue weighted by atomic mass is 9.86. The molecule has 4 N–H and O–H groups in total. The van der Waals surface area contributed by atoms with E-state index in [9.17, 15) is 29.4 Å². The molecule has 44 heavy (non-hydrogen) atoms. The second kappa shape index (κ2) is 15.7. The van der Waals surface area contributed by atoms with Crippen LogP contribution < -0.4 is 15.4 Å². The van der Waals surface area contributed by atoms with E-state index >= 15 is 0 Å². The smallest absolute Gasteiger partial charge is 0.234 e. The Morgan fingerprint density at radius 2 is 1.77 bits per heavy atom. The zero-order valence-corrected chi connectivity index (χ0v) is 25.6. The summed E-state index contributed by atoms with van der Waals surface area (Å²) in [5.74, 6) is -2.77. The summed E-state index contributed by atoms with van der Waals surface area (Å²) < 4.78 is 15.9. The molecule has 5 atom stereocenters. The first kappa shape index (κ1) is 33.7. The number of Topliss-reactive ketones (excluding diaryl/α,β-unsaturated/α-hetero) is 2. The van der Waals surface area contributed by atoms with Crippen molar-refractivity contribution in [2.24, 2.45) is 5.92 Å². The van der Waals surface area contributed by atoms with Crippen molar-refractivity contribution in [3.8, 4) is 5.75 Å². The molecule has 12 heteroatoms. The van der Waals surface area contributed by atoms with Crippen molar-refractivity contribution >= 4 is 23.4 Å². The molecule has 2 aliphatic heterocycles.